The predicted octanol–water partition coefficient (Wildman–Crippen LogP) is 4.35. The lowest BCUT2D eigenvalue weighted by atomic mass is 10.1. The van der Waals surface area contributed by atoms with E-state index < -0.39 is 5.82 Å². The molecule has 3 N–H and O–H groups in total. The number of nitrogens with zero attached hydrogens (tertiary/aromatic N) is 1. The Balaban J connectivity index is 2.04. The van der Waals surface area contributed by atoms with E-state index in [1.165, 1.54) is 6.07 Å². The summed E-state index contributed by atoms with van der Waals surface area (Å²) in [4.78, 5) is 4.22. The van der Waals surface area contributed by atoms with Crippen LogP contribution >= 0.6 is 11.6 Å². The molecule has 20 heavy (non-hydrogen) atoms. The van der Waals surface area contributed by atoms with Gasteiger partial charge < -0.3 is 11.1 Å². The average Bonchev–Trinajstić information content (AvgIpc) is 2.45. The van der Waals surface area contributed by atoms with Gasteiger partial charge in [0, 0.05) is 16.6 Å². The number of rotatable bonds is 2. The molecular formula is C15H11ClFN3. The van der Waals surface area contributed by atoms with Crippen molar-refractivity contribution in [3.05, 3.63) is 59.5 Å². The van der Waals surface area contributed by atoms with E-state index in [1.54, 1.807) is 24.4 Å². The van der Waals surface area contributed by atoms with Crippen molar-refractivity contribution >= 4 is 39.6 Å². The number of pyridine rings is 1. The Morgan fingerprint density at radius 1 is 1.10 bits per heavy atom. The normalized spacial score (nSPS) is 10.7. The standard InChI is InChI=1S/C15H11ClFN3/c16-9-3-4-13(11(17)8-9)20-14-6-5-12-10(15(14)18)2-1-7-19-12/h1-8,20H,18H2. The number of nitrogens with one attached hydrogen (secondary N) is 1. The molecule has 0 aliphatic heterocycles. The fraction of sp³-hybridized carbons (Fsp3) is 0. The number of hydrogen-bond acceptors (Lipinski definition) is 3. The molecule has 0 unspecified atom stereocenters. The van der Waals surface area contributed by atoms with E-state index in [2.05, 4.69) is 10.3 Å². The predicted molar refractivity (Wildman–Crippen MR) is 80.8 cm³/mol. The van der Waals surface area contributed by atoms with Crippen LogP contribution in [0.25, 0.3) is 10.9 Å². The van der Waals surface area contributed by atoms with Gasteiger partial charge in [-0.2, -0.15) is 0 Å². The molecule has 0 saturated heterocycles. The zero-order valence-electron chi connectivity index (χ0n) is 10.4. The smallest absolute Gasteiger partial charge is 0.148 e. The Morgan fingerprint density at radius 2 is 1.90 bits per heavy atom. The summed E-state index contributed by atoms with van der Waals surface area (Å²) >= 11 is 5.73. The van der Waals surface area contributed by atoms with Crippen LogP contribution in [0.5, 0.6) is 0 Å². The largest absolute Gasteiger partial charge is 0.396 e. The minimum absolute atomic E-state index is 0.323. The first kappa shape index (κ1) is 12.7. The van der Waals surface area contributed by atoms with Crippen LogP contribution in [0.2, 0.25) is 5.02 Å². The number of fused-ring (bicyclic) bond motifs is 1. The van der Waals surface area contributed by atoms with Gasteiger partial charge in [0.25, 0.3) is 0 Å². The number of benzene rings is 2. The van der Waals surface area contributed by atoms with E-state index in [4.69, 9.17) is 17.3 Å². The van der Waals surface area contributed by atoms with Crippen molar-refractivity contribution in [3.63, 3.8) is 0 Å². The van der Waals surface area contributed by atoms with Gasteiger partial charge in [-0.25, -0.2) is 4.39 Å². The van der Waals surface area contributed by atoms with E-state index in [1.807, 2.05) is 18.2 Å². The van der Waals surface area contributed by atoms with Crippen LogP contribution in [0.15, 0.2) is 48.7 Å². The van der Waals surface area contributed by atoms with Crippen LogP contribution in [0, 0.1) is 5.82 Å². The van der Waals surface area contributed by atoms with Crippen LogP contribution in [-0.4, -0.2) is 4.98 Å². The number of nitrogen functional groups attached to an aromatic ring is 1. The second-order valence-corrected chi connectivity index (χ2v) is 4.78. The zero-order valence-corrected chi connectivity index (χ0v) is 11.2. The SMILES string of the molecule is Nc1c(Nc2ccc(Cl)cc2F)ccc2ncccc12. The minimum Gasteiger partial charge on any atom is -0.396 e. The monoisotopic (exact) mass is 287 g/mol. The fourth-order valence-electron chi connectivity index (χ4n) is 2.02. The van der Waals surface area contributed by atoms with Crippen LogP contribution in [0.3, 0.4) is 0 Å². The van der Waals surface area contributed by atoms with Gasteiger partial charge >= 0.3 is 0 Å². The van der Waals surface area contributed by atoms with Crippen molar-refractivity contribution in [1.82, 2.24) is 4.98 Å². The van der Waals surface area contributed by atoms with E-state index >= 15 is 0 Å². The first-order valence-corrected chi connectivity index (χ1v) is 6.38. The number of hydrogen-bond donors (Lipinski definition) is 2. The molecule has 3 nitrogen and oxygen atoms in total. The van der Waals surface area contributed by atoms with Crippen molar-refractivity contribution in [3.8, 4) is 0 Å². The van der Waals surface area contributed by atoms with Gasteiger partial charge in [0.05, 0.1) is 22.6 Å². The van der Waals surface area contributed by atoms with Gasteiger partial charge in [-0.1, -0.05) is 11.6 Å². The van der Waals surface area contributed by atoms with Gasteiger partial charge in [-0.15, -0.1) is 0 Å². The third-order valence-corrected chi connectivity index (χ3v) is 3.26. The summed E-state index contributed by atoms with van der Waals surface area (Å²) in [6.45, 7) is 0. The molecule has 2 aromatic carbocycles. The first-order chi connectivity index (χ1) is 9.65. The zero-order chi connectivity index (χ0) is 14.1. The molecule has 0 amide bonds. The molecule has 3 aromatic rings. The van der Waals surface area contributed by atoms with Gasteiger partial charge in [0.15, 0.2) is 0 Å². The summed E-state index contributed by atoms with van der Waals surface area (Å²) in [6.07, 6.45) is 1.70. The van der Waals surface area contributed by atoms with Crippen molar-refractivity contribution in [2.75, 3.05) is 11.1 Å². The maximum absolute atomic E-state index is 13.8. The average molecular weight is 288 g/mol. The minimum atomic E-state index is -0.428. The Hall–Kier alpha value is -2.33. The highest BCUT2D eigenvalue weighted by atomic mass is 35.5. The maximum atomic E-state index is 13.8. The summed E-state index contributed by atoms with van der Waals surface area (Å²) in [6, 6.07) is 11.7. The fourth-order valence-corrected chi connectivity index (χ4v) is 2.18. The van der Waals surface area contributed by atoms with Crippen molar-refractivity contribution in [2.24, 2.45) is 0 Å². The molecule has 0 spiro atoms. The quantitative estimate of drug-likeness (QED) is 0.689. The number of nitrogens with two attached hydrogens (primary N) is 1. The molecule has 0 fully saturated rings. The summed E-state index contributed by atoms with van der Waals surface area (Å²) in [5.74, 6) is -0.428. The molecular weight excluding hydrogens is 277 g/mol. The molecule has 3 rings (SSSR count). The molecule has 100 valence electrons. The Bertz CT molecular complexity index is 789. The number of halogens is 2. The molecule has 1 heterocycles. The molecule has 0 bridgehead atoms. The molecule has 0 saturated carbocycles. The van der Waals surface area contributed by atoms with Gasteiger partial charge in [0.1, 0.15) is 5.82 Å². The highest BCUT2D eigenvalue weighted by Gasteiger charge is 2.08. The lowest BCUT2D eigenvalue weighted by molar-refractivity contribution is 0.632. The molecule has 0 radical (unpaired) electrons. The van der Waals surface area contributed by atoms with Crippen LogP contribution in [-0.2, 0) is 0 Å². The Labute approximate surface area is 120 Å². The van der Waals surface area contributed by atoms with E-state index in [0.29, 0.717) is 22.1 Å². The lowest BCUT2D eigenvalue weighted by Crippen LogP contribution is -1.99. The molecule has 0 atom stereocenters. The van der Waals surface area contributed by atoms with E-state index in [9.17, 15) is 4.39 Å². The number of aromatic nitrogens is 1. The molecule has 0 aliphatic carbocycles. The summed E-state index contributed by atoms with van der Waals surface area (Å²) in [7, 11) is 0. The van der Waals surface area contributed by atoms with Gasteiger partial charge in [0.2, 0.25) is 0 Å². The van der Waals surface area contributed by atoms with Crippen LogP contribution in [0.4, 0.5) is 21.5 Å². The highest BCUT2D eigenvalue weighted by Crippen LogP contribution is 2.31. The lowest BCUT2D eigenvalue weighted by Gasteiger charge is -2.12. The van der Waals surface area contributed by atoms with E-state index in [0.717, 1.165) is 10.9 Å². The third-order valence-electron chi connectivity index (χ3n) is 3.03. The topological polar surface area (TPSA) is 50.9 Å². The van der Waals surface area contributed by atoms with Crippen molar-refractivity contribution in [2.45, 2.75) is 0 Å². The van der Waals surface area contributed by atoms with E-state index in [-0.39, 0.29) is 0 Å². The molecule has 1 aromatic heterocycles. The van der Waals surface area contributed by atoms with Crippen molar-refractivity contribution < 1.29 is 4.39 Å². The molecule has 0 aliphatic rings. The van der Waals surface area contributed by atoms with Gasteiger partial charge in [-0.3, -0.25) is 4.98 Å². The maximum Gasteiger partial charge on any atom is 0.148 e. The molecule has 5 heteroatoms. The Morgan fingerprint density at radius 3 is 2.70 bits per heavy atom. The third kappa shape index (κ3) is 2.26. The second kappa shape index (κ2) is 4.98. The number of anilines is 3. The van der Waals surface area contributed by atoms with Crippen LogP contribution < -0.4 is 11.1 Å². The second-order valence-electron chi connectivity index (χ2n) is 4.35. The summed E-state index contributed by atoms with van der Waals surface area (Å²) < 4.78 is 13.8. The summed E-state index contributed by atoms with van der Waals surface area (Å²) in [5.41, 5.74) is 8.38. The van der Waals surface area contributed by atoms with Gasteiger partial charge in [-0.05, 0) is 42.5 Å². The van der Waals surface area contributed by atoms with Crippen LogP contribution in [0.1, 0.15) is 0 Å². The van der Waals surface area contributed by atoms with Crippen molar-refractivity contribution in [1.29, 1.82) is 0 Å². The first-order valence-electron chi connectivity index (χ1n) is 6.00. The highest BCUT2D eigenvalue weighted by molar-refractivity contribution is 6.30. The summed E-state index contributed by atoms with van der Waals surface area (Å²) in [5, 5.41) is 4.15. The Kier molecular flexibility index (Phi) is 3.16.